The number of fused-ring (bicyclic) bond motifs is 8. The van der Waals surface area contributed by atoms with Crippen LogP contribution in [0.3, 0.4) is 0 Å². The largest absolute Gasteiger partial charge is 0.135 e. The van der Waals surface area contributed by atoms with Gasteiger partial charge in [-0.1, -0.05) is 78.9 Å². The van der Waals surface area contributed by atoms with Crippen molar-refractivity contribution < 1.29 is 0 Å². The minimum atomic E-state index is 1.29. The van der Waals surface area contributed by atoms with E-state index in [9.17, 15) is 0 Å². The lowest BCUT2D eigenvalue weighted by molar-refractivity contribution is 1.70. The summed E-state index contributed by atoms with van der Waals surface area (Å²) in [7, 11) is 0. The zero-order valence-corrected chi connectivity index (χ0v) is 24.4. The summed E-state index contributed by atoms with van der Waals surface area (Å²) in [6, 6.07) is 44.8. The van der Waals surface area contributed by atoms with Crippen molar-refractivity contribution in [1.29, 1.82) is 0 Å². The van der Waals surface area contributed by atoms with Crippen molar-refractivity contribution >= 4 is 96.5 Å². The summed E-state index contributed by atoms with van der Waals surface area (Å²) in [4.78, 5) is 5.37. The van der Waals surface area contributed by atoms with E-state index in [0.717, 1.165) is 0 Å². The fourth-order valence-corrected chi connectivity index (χ4v) is 10.6. The van der Waals surface area contributed by atoms with E-state index in [-0.39, 0.29) is 0 Å². The van der Waals surface area contributed by atoms with Gasteiger partial charge in [0, 0.05) is 50.5 Å². The normalized spacial score (nSPS) is 12.0. The van der Waals surface area contributed by atoms with Gasteiger partial charge in [0.25, 0.3) is 0 Å². The van der Waals surface area contributed by atoms with Gasteiger partial charge >= 0.3 is 0 Å². The van der Waals surface area contributed by atoms with Crippen molar-refractivity contribution in [2.75, 3.05) is 0 Å². The van der Waals surface area contributed by atoms with E-state index in [2.05, 4.69) is 121 Å². The number of hydrogen-bond donors (Lipinski definition) is 0. The van der Waals surface area contributed by atoms with Crippen LogP contribution >= 0.6 is 45.3 Å². The summed E-state index contributed by atoms with van der Waals surface area (Å²) in [6.07, 6.45) is 0. The van der Waals surface area contributed by atoms with E-state index in [1.54, 1.807) is 0 Å². The highest BCUT2D eigenvalue weighted by Crippen LogP contribution is 2.48. The lowest BCUT2D eigenvalue weighted by Crippen LogP contribution is -1.78. The Kier molecular flexibility index (Phi) is 5.08. The number of benzene rings is 5. The first-order chi connectivity index (χ1) is 19.8. The van der Waals surface area contributed by atoms with Crippen LogP contribution in [-0.2, 0) is 0 Å². The number of hydrogen-bond acceptors (Lipinski definition) is 4. The molecule has 5 aromatic carbocycles. The average Bonchev–Trinajstić information content (AvgIpc) is 3.79. The third-order valence-electron chi connectivity index (χ3n) is 7.75. The summed E-state index contributed by atoms with van der Waals surface area (Å²) >= 11 is 7.64. The molecule has 0 saturated carbocycles. The zero-order valence-electron chi connectivity index (χ0n) is 21.2. The lowest BCUT2D eigenvalue weighted by atomic mass is 9.99. The van der Waals surface area contributed by atoms with Gasteiger partial charge < -0.3 is 0 Å². The summed E-state index contributed by atoms with van der Waals surface area (Å²) in [6.45, 7) is 0. The molecule has 4 aromatic heterocycles. The summed E-state index contributed by atoms with van der Waals surface area (Å²) < 4.78 is 4.16. The molecule has 40 heavy (non-hydrogen) atoms. The molecule has 4 heterocycles. The predicted molar refractivity (Wildman–Crippen MR) is 182 cm³/mol. The van der Waals surface area contributed by atoms with Gasteiger partial charge in [-0.05, 0) is 69.8 Å². The average molecular weight is 581 g/mol. The maximum Gasteiger partial charge on any atom is 0.0884 e. The Morgan fingerprint density at radius 1 is 0.350 bits per heavy atom. The second-order valence-corrected chi connectivity index (χ2v) is 14.6. The summed E-state index contributed by atoms with van der Waals surface area (Å²) in [5, 5.41) is 9.45. The van der Waals surface area contributed by atoms with Gasteiger partial charge in [-0.15, -0.1) is 45.3 Å². The van der Waals surface area contributed by atoms with Crippen molar-refractivity contribution in [1.82, 2.24) is 0 Å². The molecular formula is C36H20S4. The monoisotopic (exact) mass is 580 g/mol. The number of thiophene rings is 4. The molecule has 188 valence electrons. The molecule has 0 nitrogen and oxygen atoms in total. The van der Waals surface area contributed by atoms with Crippen LogP contribution in [0.15, 0.2) is 121 Å². The smallest absolute Gasteiger partial charge is 0.0884 e. The summed E-state index contributed by atoms with van der Waals surface area (Å²) in [5.41, 5.74) is 2.58. The molecule has 9 rings (SSSR count). The molecule has 0 aliphatic heterocycles. The van der Waals surface area contributed by atoms with Crippen LogP contribution in [0.25, 0.3) is 81.8 Å². The highest BCUT2D eigenvalue weighted by atomic mass is 32.2. The van der Waals surface area contributed by atoms with E-state index in [4.69, 9.17) is 0 Å². The quantitative estimate of drug-likeness (QED) is 0.182. The van der Waals surface area contributed by atoms with Crippen LogP contribution in [0, 0.1) is 0 Å². The van der Waals surface area contributed by atoms with Crippen LogP contribution in [0.4, 0.5) is 0 Å². The van der Waals surface area contributed by atoms with Crippen LogP contribution in [0.1, 0.15) is 0 Å². The Morgan fingerprint density at radius 3 is 1.85 bits per heavy atom. The van der Waals surface area contributed by atoms with Crippen LogP contribution < -0.4 is 0 Å². The van der Waals surface area contributed by atoms with Gasteiger partial charge in [0.2, 0.25) is 0 Å². The predicted octanol–water partition coefficient (Wildman–Crippen LogP) is 12.7. The van der Waals surface area contributed by atoms with E-state index in [1.165, 1.54) is 81.8 Å². The van der Waals surface area contributed by atoms with Gasteiger partial charge in [-0.25, -0.2) is 0 Å². The third-order valence-corrected chi connectivity index (χ3v) is 12.7. The van der Waals surface area contributed by atoms with E-state index < -0.39 is 0 Å². The minimum Gasteiger partial charge on any atom is -0.135 e. The molecule has 0 aliphatic rings. The van der Waals surface area contributed by atoms with Crippen molar-refractivity contribution in [2.45, 2.75) is 0 Å². The maximum absolute atomic E-state index is 2.42. The third kappa shape index (κ3) is 3.54. The van der Waals surface area contributed by atoms with Crippen molar-refractivity contribution in [3.8, 4) is 30.6 Å². The van der Waals surface area contributed by atoms with Crippen molar-refractivity contribution in [3.63, 3.8) is 0 Å². The molecule has 0 bridgehead atoms. The van der Waals surface area contributed by atoms with Crippen LogP contribution in [0.2, 0.25) is 0 Å². The first-order valence-corrected chi connectivity index (χ1v) is 16.5. The first-order valence-electron chi connectivity index (χ1n) is 13.2. The molecule has 0 saturated heterocycles. The molecule has 9 aromatic rings. The topological polar surface area (TPSA) is 0 Å². The second-order valence-electron chi connectivity index (χ2n) is 10.1. The second kappa shape index (κ2) is 8.85. The molecule has 0 unspecified atom stereocenters. The highest BCUT2D eigenvalue weighted by molar-refractivity contribution is 7.43. The van der Waals surface area contributed by atoms with Crippen molar-refractivity contribution in [2.24, 2.45) is 0 Å². The molecular weight excluding hydrogens is 561 g/mol. The molecule has 0 atom stereocenters. The standard InChI is InChI=1S/C36H20S4/c1-3-7-21(8-4-1)30-15-16-32(37-30)34-20-29-25-13-11-24-17-26-23(18-27(24)35(25)40-36(29)39-34)12-14-31-28(26)19-33(38-31)22-9-5-2-6-10-22/h1-20H. The maximum atomic E-state index is 2.42. The summed E-state index contributed by atoms with van der Waals surface area (Å²) in [5.74, 6) is 0. The molecule has 4 heteroatoms. The van der Waals surface area contributed by atoms with E-state index in [1.807, 2.05) is 45.3 Å². The molecule has 0 aliphatic carbocycles. The van der Waals surface area contributed by atoms with Crippen LogP contribution in [0.5, 0.6) is 0 Å². The zero-order chi connectivity index (χ0) is 26.2. The Bertz CT molecular complexity index is 2360. The Morgan fingerprint density at radius 2 is 1.02 bits per heavy atom. The SMILES string of the molecule is c1ccc(-c2ccc(-c3cc4c(s3)sc3c5cc6ccc7sc(-c8ccccc8)cc7c6cc5ccc43)s2)cc1. The fourth-order valence-electron chi connectivity index (χ4n) is 5.78. The Balaban J connectivity index is 1.17. The van der Waals surface area contributed by atoms with Gasteiger partial charge in [-0.3, -0.25) is 0 Å². The molecule has 0 fully saturated rings. The van der Waals surface area contributed by atoms with Gasteiger partial charge in [-0.2, -0.15) is 0 Å². The van der Waals surface area contributed by atoms with Gasteiger partial charge in [0.15, 0.2) is 0 Å². The molecule has 0 N–H and O–H groups in total. The van der Waals surface area contributed by atoms with Gasteiger partial charge in [0.05, 0.1) is 4.01 Å². The Hall–Kier alpha value is -3.80. The molecule has 0 radical (unpaired) electrons. The van der Waals surface area contributed by atoms with E-state index >= 15 is 0 Å². The Labute approximate surface area is 247 Å². The minimum absolute atomic E-state index is 1.29. The highest BCUT2D eigenvalue weighted by Gasteiger charge is 2.16. The number of rotatable bonds is 3. The first kappa shape index (κ1) is 23.0. The fraction of sp³-hybridized carbons (Fsp3) is 0. The van der Waals surface area contributed by atoms with E-state index in [0.29, 0.717) is 0 Å². The van der Waals surface area contributed by atoms with Crippen LogP contribution in [-0.4, -0.2) is 0 Å². The lowest BCUT2D eigenvalue weighted by Gasteiger charge is -2.05. The van der Waals surface area contributed by atoms with Gasteiger partial charge in [0.1, 0.15) is 0 Å². The molecule has 0 amide bonds. The molecule has 0 spiro atoms. The van der Waals surface area contributed by atoms with Crippen molar-refractivity contribution in [3.05, 3.63) is 121 Å².